The van der Waals surface area contributed by atoms with Gasteiger partial charge in [-0.3, -0.25) is 0 Å². The van der Waals surface area contributed by atoms with Crippen LogP contribution in [0.2, 0.25) is 0 Å². The van der Waals surface area contributed by atoms with Crippen LogP contribution < -0.4 is 26.2 Å². The SMILES string of the molecule is c1ccc(-c2ccc3c(c2N2c4ccccc4B4c5ccccc5N(c5c(-c6ccccc6)ccc6c5CCCC6)c5cc(-n6c7ccccc7c7ccccc76)cc2c54)CCCC3)cc1. The molecule has 314 valence electrons. The number of aryl methyl sites for hydroxylation is 2. The van der Waals surface area contributed by atoms with Gasteiger partial charge in [-0.15, -0.1) is 0 Å². The molecule has 4 heteroatoms. The summed E-state index contributed by atoms with van der Waals surface area (Å²) in [6, 6.07) is 73.8. The molecule has 0 radical (unpaired) electrons. The van der Waals surface area contributed by atoms with Crippen molar-refractivity contribution in [2.45, 2.75) is 51.4 Å². The number of hydrogen-bond acceptors (Lipinski definition) is 2. The van der Waals surface area contributed by atoms with Crippen molar-refractivity contribution in [1.82, 2.24) is 4.57 Å². The van der Waals surface area contributed by atoms with Gasteiger partial charge in [0.05, 0.1) is 28.1 Å². The van der Waals surface area contributed by atoms with Gasteiger partial charge in [-0.05, 0) is 138 Å². The molecule has 14 rings (SSSR count). The van der Waals surface area contributed by atoms with E-state index < -0.39 is 0 Å². The average molecular weight is 846 g/mol. The molecule has 0 N–H and O–H groups in total. The predicted octanol–water partition coefficient (Wildman–Crippen LogP) is 14.0. The van der Waals surface area contributed by atoms with Gasteiger partial charge < -0.3 is 14.4 Å². The van der Waals surface area contributed by atoms with E-state index in [0.717, 1.165) is 25.7 Å². The Kier molecular flexibility index (Phi) is 8.59. The van der Waals surface area contributed by atoms with Gasteiger partial charge in [0.25, 0.3) is 6.71 Å². The van der Waals surface area contributed by atoms with E-state index in [1.165, 1.54) is 148 Å². The van der Waals surface area contributed by atoms with E-state index in [1.807, 2.05) is 0 Å². The fraction of sp³-hybridized carbons (Fsp3) is 0.129. The van der Waals surface area contributed by atoms with Crippen LogP contribution in [0.15, 0.2) is 194 Å². The van der Waals surface area contributed by atoms with Crippen molar-refractivity contribution in [3.63, 3.8) is 0 Å². The number of nitrogens with zero attached hydrogens (tertiary/aromatic N) is 3. The monoisotopic (exact) mass is 845 g/mol. The van der Waals surface area contributed by atoms with Gasteiger partial charge in [0.1, 0.15) is 0 Å². The molecule has 0 fully saturated rings. The molecule has 1 aromatic heterocycles. The van der Waals surface area contributed by atoms with E-state index in [1.54, 1.807) is 0 Å². The second-order valence-electron chi connectivity index (χ2n) is 18.8. The lowest BCUT2D eigenvalue weighted by atomic mass is 9.33. The molecule has 3 heterocycles. The smallest absolute Gasteiger partial charge is 0.252 e. The second-order valence-corrected chi connectivity index (χ2v) is 18.8. The van der Waals surface area contributed by atoms with E-state index >= 15 is 0 Å². The number of fused-ring (bicyclic) bond motifs is 9. The number of anilines is 6. The fourth-order valence-corrected chi connectivity index (χ4v) is 12.5. The maximum atomic E-state index is 2.72. The molecular weight excluding hydrogens is 798 g/mol. The Balaban J connectivity index is 1.16. The number of hydrogen-bond donors (Lipinski definition) is 0. The Morgan fingerprint density at radius 3 is 1.29 bits per heavy atom. The second kappa shape index (κ2) is 15.0. The predicted molar refractivity (Wildman–Crippen MR) is 279 cm³/mol. The summed E-state index contributed by atoms with van der Waals surface area (Å²) in [6.07, 6.45) is 9.18. The van der Waals surface area contributed by atoms with Gasteiger partial charge in [0.2, 0.25) is 0 Å². The lowest BCUT2D eigenvalue weighted by Crippen LogP contribution is -2.61. The Morgan fingerprint density at radius 1 is 0.364 bits per heavy atom. The third kappa shape index (κ3) is 5.57. The fourth-order valence-electron chi connectivity index (χ4n) is 12.5. The summed E-state index contributed by atoms with van der Waals surface area (Å²) in [7, 11) is 0. The molecule has 3 nitrogen and oxygen atoms in total. The van der Waals surface area contributed by atoms with Crippen LogP contribution in [0.1, 0.15) is 47.9 Å². The highest BCUT2D eigenvalue weighted by Gasteiger charge is 2.45. The van der Waals surface area contributed by atoms with Crippen LogP contribution >= 0.6 is 0 Å². The molecule has 10 aromatic rings. The molecule has 0 saturated carbocycles. The van der Waals surface area contributed by atoms with Crippen LogP contribution in [0.3, 0.4) is 0 Å². The molecular formula is C62H48BN3. The van der Waals surface area contributed by atoms with Crippen molar-refractivity contribution in [3.8, 4) is 27.9 Å². The highest BCUT2D eigenvalue weighted by molar-refractivity contribution is 7.00. The minimum atomic E-state index is 0.0292. The summed E-state index contributed by atoms with van der Waals surface area (Å²) in [4.78, 5) is 5.44. The Labute approximate surface area is 387 Å². The van der Waals surface area contributed by atoms with Crippen molar-refractivity contribution in [2.75, 3.05) is 9.80 Å². The first-order chi connectivity index (χ1) is 32.8. The summed E-state index contributed by atoms with van der Waals surface area (Å²) >= 11 is 0. The van der Waals surface area contributed by atoms with Gasteiger partial charge in [0, 0.05) is 44.6 Å². The quantitative estimate of drug-likeness (QED) is 0.160. The molecule has 2 aliphatic carbocycles. The molecule has 66 heavy (non-hydrogen) atoms. The zero-order chi connectivity index (χ0) is 43.3. The summed E-state index contributed by atoms with van der Waals surface area (Å²) < 4.78 is 2.55. The van der Waals surface area contributed by atoms with Crippen molar-refractivity contribution in [3.05, 3.63) is 216 Å². The number of para-hydroxylation sites is 4. The normalized spacial score (nSPS) is 14.7. The van der Waals surface area contributed by atoms with Crippen molar-refractivity contribution < 1.29 is 0 Å². The minimum Gasteiger partial charge on any atom is -0.310 e. The third-order valence-corrected chi connectivity index (χ3v) is 15.3. The highest BCUT2D eigenvalue weighted by atomic mass is 15.2. The van der Waals surface area contributed by atoms with Crippen LogP contribution in [-0.4, -0.2) is 11.3 Å². The van der Waals surface area contributed by atoms with Gasteiger partial charge in [-0.25, -0.2) is 0 Å². The van der Waals surface area contributed by atoms with Gasteiger partial charge in [-0.1, -0.05) is 158 Å². The number of benzene rings is 9. The topological polar surface area (TPSA) is 11.4 Å². The van der Waals surface area contributed by atoms with Crippen molar-refractivity contribution in [1.29, 1.82) is 0 Å². The van der Waals surface area contributed by atoms with Crippen LogP contribution in [0, 0.1) is 0 Å². The van der Waals surface area contributed by atoms with Gasteiger partial charge >= 0.3 is 0 Å². The van der Waals surface area contributed by atoms with E-state index in [2.05, 4.69) is 208 Å². The molecule has 0 spiro atoms. The summed E-state index contributed by atoms with van der Waals surface area (Å²) in [5.74, 6) is 0. The molecule has 9 aromatic carbocycles. The molecule has 0 saturated heterocycles. The van der Waals surface area contributed by atoms with Crippen molar-refractivity contribution in [2.24, 2.45) is 0 Å². The number of aromatic nitrogens is 1. The first kappa shape index (κ1) is 37.8. The molecule has 4 aliphatic rings. The Bertz CT molecular complexity index is 3340. The largest absolute Gasteiger partial charge is 0.310 e. The summed E-state index contributed by atoms with van der Waals surface area (Å²) in [5, 5.41) is 2.54. The van der Waals surface area contributed by atoms with E-state index in [-0.39, 0.29) is 6.71 Å². The summed E-state index contributed by atoms with van der Waals surface area (Å²) in [5.41, 5.74) is 26.4. The van der Waals surface area contributed by atoms with Crippen LogP contribution in [-0.2, 0) is 25.7 Å². The summed E-state index contributed by atoms with van der Waals surface area (Å²) in [6.45, 7) is 0.0292. The standard InChI is InChI=1S/C62H48BN3/c1-3-19-41(20-4-1)48-37-35-43-23-7-9-25-46(43)61(48)65-56-33-17-13-29-52(56)63-53-30-14-18-34-57(53)66(62-47-26-10-8-24-44(47)36-38-49(62)42-21-5-2-6-22-42)59-40-45(39-58(65)60(59)63)64-54-31-15-11-27-50(54)51-28-12-16-32-55(51)64/h1-6,11-22,27-40H,7-10,23-26H2. The molecule has 2 aliphatic heterocycles. The van der Waals surface area contributed by atoms with Gasteiger partial charge in [0.15, 0.2) is 0 Å². The van der Waals surface area contributed by atoms with E-state index in [0.29, 0.717) is 0 Å². The third-order valence-electron chi connectivity index (χ3n) is 15.3. The van der Waals surface area contributed by atoms with E-state index in [9.17, 15) is 0 Å². The maximum absolute atomic E-state index is 2.72. The van der Waals surface area contributed by atoms with Crippen molar-refractivity contribution >= 4 is 79.0 Å². The number of rotatable bonds is 5. The first-order valence-corrected chi connectivity index (χ1v) is 24.1. The average Bonchev–Trinajstić information content (AvgIpc) is 3.73. The van der Waals surface area contributed by atoms with Crippen LogP contribution in [0.25, 0.3) is 49.7 Å². The lowest BCUT2D eigenvalue weighted by Gasteiger charge is -2.46. The van der Waals surface area contributed by atoms with Crippen LogP contribution in [0.4, 0.5) is 34.1 Å². The lowest BCUT2D eigenvalue weighted by molar-refractivity contribution is 0.686. The Morgan fingerprint density at radius 2 is 0.788 bits per heavy atom. The maximum Gasteiger partial charge on any atom is 0.252 e. The van der Waals surface area contributed by atoms with Gasteiger partial charge in [-0.2, -0.15) is 0 Å². The zero-order valence-corrected chi connectivity index (χ0v) is 37.1. The minimum absolute atomic E-state index is 0.0292. The molecule has 0 unspecified atom stereocenters. The Hall–Kier alpha value is -7.56. The highest BCUT2D eigenvalue weighted by Crippen LogP contribution is 2.52. The van der Waals surface area contributed by atoms with Crippen LogP contribution in [0.5, 0.6) is 0 Å². The molecule has 0 bridgehead atoms. The molecule has 0 amide bonds. The van der Waals surface area contributed by atoms with E-state index in [4.69, 9.17) is 0 Å². The zero-order valence-electron chi connectivity index (χ0n) is 37.1. The first-order valence-electron chi connectivity index (χ1n) is 24.1. The molecule has 0 atom stereocenters.